The van der Waals surface area contributed by atoms with Gasteiger partial charge in [0.05, 0.1) is 0 Å². The lowest BCUT2D eigenvalue weighted by Crippen LogP contribution is -2.14. The maximum atomic E-state index is 6.22. The maximum absolute atomic E-state index is 6.22. The van der Waals surface area contributed by atoms with Gasteiger partial charge in [-0.3, -0.25) is 0 Å². The van der Waals surface area contributed by atoms with E-state index >= 15 is 0 Å². The van der Waals surface area contributed by atoms with Gasteiger partial charge in [-0.05, 0) is 65.6 Å². The van der Waals surface area contributed by atoms with E-state index in [-0.39, 0.29) is 6.10 Å². The number of nitrogens with zero attached hydrogens (tertiary/aromatic N) is 4. The monoisotopic (exact) mass is 614 g/mol. The molecule has 0 spiro atoms. The van der Waals surface area contributed by atoms with E-state index in [9.17, 15) is 0 Å². The summed E-state index contributed by atoms with van der Waals surface area (Å²) in [5.41, 5.74) is 7.14. The van der Waals surface area contributed by atoms with Crippen molar-refractivity contribution in [1.29, 1.82) is 0 Å². The minimum atomic E-state index is -0.111. The molecule has 47 heavy (non-hydrogen) atoms. The Kier molecular flexibility index (Phi) is 7.69. The molecule has 2 unspecified atom stereocenters. The number of ether oxygens (including phenoxy) is 1. The second-order valence-corrected chi connectivity index (χ2v) is 11.5. The largest absolute Gasteiger partial charge is 0.486 e. The highest BCUT2D eigenvalue weighted by Crippen LogP contribution is 2.32. The van der Waals surface area contributed by atoms with Gasteiger partial charge < -0.3 is 13.6 Å². The van der Waals surface area contributed by atoms with Crippen LogP contribution in [0.15, 0.2) is 154 Å². The van der Waals surface area contributed by atoms with Crippen LogP contribution in [0.1, 0.15) is 36.1 Å². The lowest BCUT2D eigenvalue weighted by molar-refractivity contribution is 0.252. The topological polar surface area (TPSA) is 87.1 Å². The van der Waals surface area contributed by atoms with Gasteiger partial charge in [-0.25, -0.2) is 0 Å². The standard InChI is InChI=1S/C40H30N4O3/c1-3-7-27(8-4-1)29-11-15-31(16-12-29)37-41-43-39(46-37)33-19-23-35(24-20-33)45-36-25-21-34(22-26-36)40-44-42-38(47-40)32-17-13-30(14-18-32)28-9-5-2-6-10-28/h1-13,15-25,30,36H,14,26H2. The van der Waals surface area contributed by atoms with Crippen LogP contribution in [0.3, 0.4) is 0 Å². The summed E-state index contributed by atoms with van der Waals surface area (Å²) in [6.45, 7) is 0. The summed E-state index contributed by atoms with van der Waals surface area (Å²) in [6.07, 6.45) is 14.0. The van der Waals surface area contributed by atoms with Gasteiger partial charge in [-0.1, -0.05) is 103 Å². The van der Waals surface area contributed by atoms with Gasteiger partial charge in [0.25, 0.3) is 0 Å². The molecule has 7 nitrogen and oxygen atoms in total. The zero-order valence-corrected chi connectivity index (χ0v) is 25.4. The Balaban J connectivity index is 0.862. The van der Waals surface area contributed by atoms with Crippen molar-refractivity contribution in [3.8, 4) is 39.8 Å². The third-order valence-electron chi connectivity index (χ3n) is 8.36. The van der Waals surface area contributed by atoms with Gasteiger partial charge in [-0.15, -0.1) is 20.4 Å². The molecule has 0 N–H and O–H groups in total. The summed E-state index contributed by atoms with van der Waals surface area (Å²) in [5.74, 6) is 3.08. The minimum Gasteiger partial charge on any atom is -0.486 e. The summed E-state index contributed by atoms with van der Waals surface area (Å²) in [4.78, 5) is 0. The fraction of sp³-hybridized carbons (Fsp3) is 0.100. The van der Waals surface area contributed by atoms with E-state index in [0.717, 1.165) is 45.6 Å². The van der Waals surface area contributed by atoms with Crippen molar-refractivity contribution >= 4 is 11.1 Å². The van der Waals surface area contributed by atoms with Crippen LogP contribution in [0.5, 0.6) is 5.75 Å². The molecule has 2 aliphatic rings. The van der Waals surface area contributed by atoms with E-state index in [1.165, 1.54) is 5.56 Å². The Morgan fingerprint density at radius 1 is 0.489 bits per heavy atom. The lowest BCUT2D eigenvalue weighted by atomic mass is 9.90. The Labute approximate surface area is 272 Å². The van der Waals surface area contributed by atoms with Crippen LogP contribution in [-0.2, 0) is 0 Å². The van der Waals surface area contributed by atoms with Crippen LogP contribution < -0.4 is 4.74 Å². The summed E-state index contributed by atoms with van der Waals surface area (Å²) >= 11 is 0. The molecule has 228 valence electrons. The average molecular weight is 615 g/mol. The molecule has 0 amide bonds. The van der Waals surface area contributed by atoms with E-state index < -0.39 is 0 Å². The molecule has 6 aromatic rings. The molecule has 4 aromatic carbocycles. The van der Waals surface area contributed by atoms with Crippen molar-refractivity contribution in [2.24, 2.45) is 0 Å². The number of aromatic nitrogens is 4. The first kappa shape index (κ1) is 28.4. The highest BCUT2D eigenvalue weighted by molar-refractivity contribution is 5.73. The highest BCUT2D eigenvalue weighted by atomic mass is 16.5. The van der Waals surface area contributed by atoms with Crippen LogP contribution in [0, 0.1) is 0 Å². The third-order valence-corrected chi connectivity index (χ3v) is 8.36. The Hall–Kier alpha value is -6.08. The van der Waals surface area contributed by atoms with Crippen LogP contribution in [0.25, 0.3) is 45.2 Å². The molecule has 2 heterocycles. The molecule has 2 aromatic heterocycles. The molecule has 0 saturated carbocycles. The van der Waals surface area contributed by atoms with Crippen molar-refractivity contribution in [2.75, 3.05) is 0 Å². The number of allylic oxidation sites excluding steroid dienone is 6. The molecule has 7 heteroatoms. The van der Waals surface area contributed by atoms with Crippen molar-refractivity contribution in [2.45, 2.75) is 24.9 Å². The zero-order valence-electron chi connectivity index (χ0n) is 25.4. The maximum Gasteiger partial charge on any atom is 0.248 e. The Bertz CT molecular complexity index is 2110. The van der Waals surface area contributed by atoms with Crippen LogP contribution >= 0.6 is 0 Å². The predicted octanol–water partition coefficient (Wildman–Crippen LogP) is 9.37. The van der Waals surface area contributed by atoms with E-state index in [1.54, 1.807) is 0 Å². The summed E-state index contributed by atoms with van der Waals surface area (Å²) in [7, 11) is 0. The molecular weight excluding hydrogens is 584 g/mol. The number of rotatable bonds is 8. The summed E-state index contributed by atoms with van der Waals surface area (Å²) in [6, 6.07) is 36.6. The number of hydrogen-bond donors (Lipinski definition) is 0. The van der Waals surface area contributed by atoms with Crippen molar-refractivity contribution in [3.63, 3.8) is 0 Å². The second-order valence-electron chi connectivity index (χ2n) is 11.5. The smallest absolute Gasteiger partial charge is 0.248 e. The first-order chi connectivity index (χ1) is 23.2. The van der Waals surface area contributed by atoms with Crippen molar-refractivity contribution < 1.29 is 13.6 Å². The molecule has 0 aliphatic heterocycles. The first-order valence-corrected chi connectivity index (χ1v) is 15.7. The summed E-state index contributed by atoms with van der Waals surface area (Å²) < 4.78 is 18.3. The van der Waals surface area contributed by atoms with Gasteiger partial charge in [0.2, 0.25) is 23.6 Å². The van der Waals surface area contributed by atoms with Crippen LogP contribution in [0.4, 0.5) is 0 Å². The second kappa shape index (κ2) is 12.7. The zero-order chi connectivity index (χ0) is 31.4. The van der Waals surface area contributed by atoms with E-state index in [2.05, 4.69) is 93.2 Å². The number of hydrogen-bond acceptors (Lipinski definition) is 7. The fourth-order valence-electron chi connectivity index (χ4n) is 5.77. The molecule has 2 aliphatic carbocycles. The molecule has 0 bridgehead atoms. The van der Waals surface area contributed by atoms with Crippen molar-refractivity contribution in [3.05, 3.63) is 163 Å². The fourth-order valence-corrected chi connectivity index (χ4v) is 5.77. The molecule has 0 radical (unpaired) electrons. The molecule has 2 atom stereocenters. The van der Waals surface area contributed by atoms with Crippen molar-refractivity contribution in [1.82, 2.24) is 20.4 Å². The van der Waals surface area contributed by atoms with Gasteiger partial charge in [0, 0.05) is 34.6 Å². The third kappa shape index (κ3) is 6.24. The van der Waals surface area contributed by atoms with Gasteiger partial charge in [0.1, 0.15) is 11.9 Å². The molecule has 8 rings (SSSR count). The van der Waals surface area contributed by atoms with Crippen LogP contribution in [-0.4, -0.2) is 26.5 Å². The van der Waals surface area contributed by atoms with E-state index in [4.69, 9.17) is 13.6 Å². The summed E-state index contributed by atoms with van der Waals surface area (Å²) in [5, 5.41) is 17.2. The average Bonchev–Trinajstić information content (AvgIpc) is 3.85. The molecule has 0 saturated heterocycles. The van der Waals surface area contributed by atoms with Gasteiger partial charge in [-0.2, -0.15) is 0 Å². The molecule has 0 fully saturated rings. The highest BCUT2D eigenvalue weighted by Gasteiger charge is 2.19. The first-order valence-electron chi connectivity index (χ1n) is 15.7. The van der Waals surface area contributed by atoms with Gasteiger partial charge in [0.15, 0.2) is 0 Å². The quantitative estimate of drug-likeness (QED) is 0.169. The SMILES string of the molecule is C1=CC(Oc2ccc(-c3nnc(-c4ccc(-c5ccccc5)cc4)o3)cc2)CC=C1c1nnc(C2=CCC(c3ccccc3)C=C2)o1. The van der Waals surface area contributed by atoms with E-state index in [0.29, 0.717) is 35.9 Å². The molecular formula is C40H30N4O3. The van der Waals surface area contributed by atoms with Gasteiger partial charge >= 0.3 is 0 Å². The normalized spacial score (nSPS) is 17.3. The Morgan fingerprint density at radius 2 is 1.00 bits per heavy atom. The Morgan fingerprint density at radius 3 is 1.60 bits per heavy atom. The lowest BCUT2D eigenvalue weighted by Gasteiger charge is -2.17. The minimum absolute atomic E-state index is 0.111. The predicted molar refractivity (Wildman–Crippen MR) is 182 cm³/mol. The van der Waals surface area contributed by atoms with E-state index in [1.807, 2.05) is 72.8 Å². The number of benzene rings is 4. The van der Waals surface area contributed by atoms with Crippen LogP contribution in [0.2, 0.25) is 0 Å².